The second-order valence-electron chi connectivity index (χ2n) is 12.4. The third kappa shape index (κ3) is 4.02. The number of carbonyl (C=O) groups excluding carboxylic acids is 2. The van der Waals surface area contributed by atoms with Crippen molar-refractivity contribution >= 4 is 11.9 Å². The zero-order valence-corrected chi connectivity index (χ0v) is 23.0. The van der Waals surface area contributed by atoms with Crippen LogP contribution in [0.25, 0.3) is 0 Å². The van der Waals surface area contributed by atoms with Crippen molar-refractivity contribution in [1.82, 2.24) is 10.6 Å². The van der Waals surface area contributed by atoms with Crippen LogP contribution in [0.4, 0.5) is 0 Å². The van der Waals surface area contributed by atoms with Gasteiger partial charge in [-0.1, -0.05) is 45.1 Å². The van der Waals surface area contributed by atoms with E-state index in [2.05, 4.69) is 63.6 Å². The van der Waals surface area contributed by atoms with Crippen molar-refractivity contribution in [3.8, 4) is 0 Å². The van der Waals surface area contributed by atoms with Gasteiger partial charge in [0.1, 0.15) is 6.10 Å². The van der Waals surface area contributed by atoms with Crippen LogP contribution in [-0.2, 0) is 14.3 Å². The molecule has 0 aromatic heterocycles. The molecule has 0 spiro atoms. The fourth-order valence-corrected chi connectivity index (χ4v) is 8.85. The van der Waals surface area contributed by atoms with E-state index in [1.54, 1.807) is 13.0 Å². The van der Waals surface area contributed by atoms with Crippen LogP contribution >= 0.6 is 0 Å². The van der Waals surface area contributed by atoms with E-state index in [4.69, 9.17) is 4.74 Å². The van der Waals surface area contributed by atoms with E-state index in [9.17, 15) is 9.59 Å². The molecule has 35 heavy (non-hydrogen) atoms. The average Bonchev–Trinajstić information content (AvgIpc) is 3.17. The van der Waals surface area contributed by atoms with Crippen LogP contribution in [0.2, 0.25) is 0 Å². The SMILES string of the molecule is C/C=C(/C)C(=O)N[C@H]1C=C[C@@]2(C)C(=CC[C@@]3(C)[C@H]4CC[C@H]([C@H](C)NC)[C@@]4(C)CC[C@H]32)[C@H]1OC(C)=O. The van der Waals surface area contributed by atoms with E-state index in [1.807, 2.05) is 6.92 Å². The number of rotatable bonds is 5. The van der Waals surface area contributed by atoms with Gasteiger partial charge in [-0.3, -0.25) is 9.59 Å². The zero-order valence-electron chi connectivity index (χ0n) is 23.0. The molecule has 2 saturated carbocycles. The van der Waals surface area contributed by atoms with Gasteiger partial charge in [0.15, 0.2) is 0 Å². The summed E-state index contributed by atoms with van der Waals surface area (Å²) < 4.78 is 5.93. The number of carbonyl (C=O) groups is 2. The Bertz CT molecular complexity index is 967. The number of nitrogens with one attached hydrogen (secondary N) is 2. The van der Waals surface area contributed by atoms with Crippen molar-refractivity contribution in [3.63, 3.8) is 0 Å². The van der Waals surface area contributed by atoms with Gasteiger partial charge >= 0.3 is 5.97 Å². The molecule has 5 nitrogen and oxygen atoms in total. The van der Waals surface area contributed by atoms with Gasteiger partial charge in [0.05, 0.1) is 6.04 Å². The van der Waals surface area contributed by atoms with E-state index >= 15 is 0 Å². The highest BCUT2D eigenvalue weighted by molar-refractivity contribution is 5.93. The summed E-state index contributed by atoms with van der Waals surface area (Å²) in [6.45, 7) is 14.9. The minimum absolute atomic E-state index is 0.117. The number of esters is 1. The minimum atomic E-state index is -0.463. The topological polar surface area (TPSA) is 67.4 Å². The van der Waals surface area contributed by atoms with Crippen LogP contribution in [0, 0.1) is 34.0 Å². The minimum Gasteiger partial charge on any atom is -0.455 e. The van der Waals surface area contributed by atoms with Crippen LogP contribution in [-0.4, -0.2) is 37.1 Å². The van der Waals surface area contributed by atoms with Crippen molar-refractivity contribution in [2.75, 3.05) is 7.05 Å². The molecular weight excluding hydrogens is 436 g/mol. The third-order valence-electron chi connectivity index (χ3n) is 10.8. The maximum absolute atomic E-state index is 12.7. The second-order valence-corrected chi connectivity index (χ2v) is 12.4. The highest BCUT2D eigenvalue weighted by Crippen LogP contribution is 2.70. The first-order chi connectivity index (χ1) is 16.4. The fraction of sp³-hybridized carbons (Fsp3) is 0.733. The molecule has 2 N–H and O–H groups in total. The summed E-state index contributed by atoms with van der Waals surface area (Å²) >= 11 is 0. The van der Waals surface area contributed by atoms with Crippen LogP contribution in [0.1, 0.15) is 80.6 Å². The second kappa shape index (κ2) is 9.21. The molecule has 0 aliphatic heterocycles. The summed E-state index contributed by atoms with van der Waals surface area (Å²) in [5, 5.41) is 6.65. The van der Waals surface area contributed by atoms with Gasteiger partial charge in [-0.15, -0.1) is 0 Å². The van der Waals surface area contributed by atoms with Gasteiger partial charge < -0.3 is 15.4 Å². The van der Waals surface area contributed by atoms with Gasteiger partial charge in [0, 0.05) is 24.0 Å². The highest BCUT2D eigenvalue weighted by atomic mass is 16.5. The molecule has 0 heterocycles. The van der Waals surface area contributed by atoms with Gasteiger partial charge in [-0.2, -0.15) is 0 Å². The van der Waals surface area contributed by atoms with Crippen molar-refractivity contribution in [2.24, 2.45) is 34.0 Å². The summed E-state index contributed by atoms with van der Waals surface area (Å²) in [7, 11) is 2.10. The molecule has 4 aliphatic rings. The van der Waals surface area contributed by atoms with Crippen LogP contribution in [0.3, 0.4) is 0 Å². The quantitative estimate of drug-likeness (QED) is 0.316. The first kappa shape index (κ1) is 26.2. The molecule has 1 amide bonds. The van der Waals surface area contributed by atoms with Crippen molar-refractivity contribution < 1.29 is 14.3 Å². The normalized spacial score (nSPS) is 43.4. The number of fused-ring (bicyclic) bond motifs is 5. The molecule has 2 fully saturated rings. The molecule has 5 heteroatoms. The Morgan fingerprint density at radius 1 is 1.11 bits per heavy atom. The van der Waals surface area contributed by atoms with E-state index in [1.165, 1.54) is 38.2 Å². The van der Waals surface area contributed by atoms with Crippen molar-refractivity contribution in [2.45, 2.75) is 98.8 Å². The van der Waals surface area contributed by atoms with Gasteiger partial charge in [0.2, 0.25) is 5.91 Å². The number of ether oxygens (including phenoxy) is 1. The molecule has 9 atom stereocenters. The predicted octanol–water partition coefficient (Wildman–Crippen LogP) is 5.33. The third-order valence-corrected chi connectivity index (χ3v) is 10.8. The van der Waals surface area contributed by atoms with E-state index in [0.717, 1.165) is 6.42 Å². The van der Waals surface area contributed by atoms with Crippen LogP contribution in [0.5, 0.6) is 0 Å². The molecule has 0 aromatic carbocycles. The summed E-state index contributed by atoms with van der Waals surface area (Å²) in [5.74, 6) is 1.45. The molecule has 0 bridgehead atoms. The lowest BCUT2D eigenvalue weighted by Gasteiger charge is -2.63. The van der Waals surface area contributed by atoms with E-state index in [0.29, 0.717) is 34.8 Å². The monoisotopic (exact) mass is 482 g/mol. The fourth-order valence-electron chi connectivity index (χ4n) is 8.85. The summed E-state index contributed by atoms with van der Waals surface area (Å²) in [6, 6.07) is 0.175. The Labute approximate surface area is 212 Å². The van der Waals surface area contributed by atoms with Crippen LogP contribution < -0.4 is 10.6 Å². The maximum Gasteiger partial charge on any atom is 0.303 e. The molecule has 0 unspecified atom stereocenters. The predicted molar refractivity (Wildman–Crippen MR) is 141 cm³/mol. The Balaban J connectivity index is 1.70. The lowest BCUT2D eigenvalue weighted by molar-refractivity contribution is -0.148. The molecule has 4 rings (SSSR count). The van der Waals surface area contributed by atoms with Crippen molar-refractivity contribution in [3.05, 3.63) is 35.5 Å². The maximum atomic E-state index is 12.7. The Morgan fingerprint density at radius 2 is 1.83 bits per heavy atom. The lowest BCUT2D eigenvalue weighted by atomic mass is 9.42. The molecule has 0 saturated heterocycles. The summed E-state index contributed by atoms with van der Waals surface area (Å²) in [6.07, 6.45) is 14.1. The number of allylic oxidation sites excluding steroid dienone is 3. The zero-order chi connectivity index (χ0) is 25.8. The number of hydrogen-bond acceptors (Lipinski definition) is 4. The van der Waals surface area contributed by atoms with Crippen LogP contribution in [0.15, 0.2) is 35.5 Å². The molecule has 4 aliphatic carbocycles. The van der Waals surface area contributed by atoms with Crippen molar-refractivity contribution in [1.29, 1.82) is 0 Å². The highest BCUT2D eigenvalue weighted by Gasteiger charge is 2.64. The van der Waals surface area contributed by atoms with E-state index in [-0.39, 0.29) is 28.7 Å². The lowest BCUT2D eigenvalue weighted by Crippen LogP contribution is -2.59. The Hall–Kier alpha value is -1.88. The first-order valence-corrected chi connectivity index (χ1v) is 13.6. The molecule has 0 radical (unpaired) electrons. The number of hydrogen-bond donors (Lipinski definition) is 2. The number of amides is 1. The molecular formula is C30H46N2O3. The average molecular weight is 483 g/mol. The van der Waals surface area contributed by atoms with Gasteiger partial charge in [0.25, 0.3) is 0 Å². The first-order valence-electron chi connectivity index (χ1n) is 13.6. The van der Waals surface area contributed by atoms with Gasteiger partial charge in [-0.05, 0) is 94.1 Å². The molecule has 194 valence electrons. The summed E-state index contributed by atoms with van der Waals surface area (Å²) in [5.41, 5.74) is 2.21. The van der Waals surface area contributed by atoms with Gasteiger partial charge in [-0.25, -0.2) is 0 Å². The smallest absolute Gasteiger partial charge is 0.303 e. The summed E-state index contributed by atoms with van der Waals surface area (Å²) in [4.78, 5) is 24.9. The largest absolute Gasteiger partial charge is 0.455 e. The van der Waals surface area contributed by atoms with E-state index < -0.39 is 6.10 Å². The molecule has 0 aromatic rings. The standard InChI is InChI=1S/C30H46N2O3/c1-9-18(2)27(34)32-23-13-16-29(6)22(26(23)35-20(4)33)12-15-30(7)24-11-10-21(19(3)31-8)28(24,5)17-14-25(29)30/h9,12-13,16,19,21,23-26,31H,10-11,14-15,17H2,1-8H3,(H,32,34)/b18-9-/t19-,21+,23-,24-,25-,26+,28+,29-,30-/m0/s1. The Morgan fingerprint density at radius 3 is 2.46 bits per heavy atom. The Kier molecular flexibility index (Phi) is 6.89.